The van der Waals surface area contributed by atoms with E-state index in [0.29, 0.717) is 5.92 Å². The molecule has 0 aromatic carbocycles. The molecule has 1 amide bonds. The van der Waals surface area contributed by atoms with Crippen molar-refractivity contribution in [2.45, 2.75) is 75.5 Å². The zero-order valence-electron chi connectivity index (χ0n) is 16.8. The highest BCUT2D eigenvalue weighted by atomic mass is 32.1. The monoisotopic (exact) mass is 409 g/mol. The van der Waals surface area contributed by atoms with Gasteiger partial charge < -0.3 is 9.88 Å². The van der Waals surface area contributed by atoms with E-state index in [-0.39, 0.29) is 16.9 Å². The minimum Gasteiger partial charge on any atom is -0.339 e. The second-order valence-electron chi connectivity index (χ2n) is 9.38. The third kappa shape index (κ3) is 2.82. The molecule has 6 rings (SSSR count). The fourth-order valence-corrected chi connectivity index (χ4v) is 6.81. The lowest BCUT2D eigenvalue weighted by Crippen LogP contribution is -2.45. The lowest BCUT2D eigenvalue weighted by molar-refractivity contribution is 0.0662. The van der Waals surface area contributed by atoms with E-state index in [2.05, 4.69) is 15.3 Å². The molecule has 2 aromatic rings. The standard InChI is InChI=1S/C23H27N3O2S/c27-21-16-7-8-23(19(16)24-20(25-21)14-5-6-14)9-11-26(12-10-23)22(28)17-13-29-18-4-2-1-3-15(17)18/h13-14H,1-12H2,(H,24,25,27). The maximum atomic E-state index is 13.2. The van der Waals surface area contributed by atoms with Crippen LogP contribution in [0.2, 0.25) is 0 Å². The highest BCUT2D eigenvalue weighted by Gasteiger charge is 2.45. The number of H-pyrrole nitrogens is 1. The Hall–Kier alpha value is -1.95. The molecule has 4 aliphatic rings. The Labute approximate surface area is 174 Å². The number of hydrogen-bond donors (Lipinski definition) is 1. The molecule has 1 spiro atoms. The third-order valence-corrected chi connectivity index (χ3v) is 8.74. The summed E-state index contributed by atoms with van der Waals surface area (Å²) in [6.07, 6.45) is 10.6. The molecule has 2 aromatic heterocycles. The topological polar surface area (TPSA) is 66.1 Å². The second-order valence-corrected chi connectivity index (χ2v) is 10.3. The van der Waals surface area contributed by atoms with Crippen LogP contribution in [0.5, 0.6) is 0 Å². The van der Waals surface area contributed by atoms with Gasteiger partial charge in [0.1, 0.15) is 5.82 Å². The van der Waals surface area contributed by atoms with E-state index in [1.165, 1.54) is 23.3 Å². The van der Waals surface area contributed by atoms with Gasteiger partial charge in [-0.2, -0.15) is 0 Å². The summed E-state index contributed by atoms with van der Waals surface area (Å²) in [5, 5.41) is 2.09. The first-order valence-electron chi connectivity index (χ1n) is 11.2. The molecule has 3 heterocycles. The Morgan fingerprint density at radius 2 is 1.90 bits per heavy atom. The normalized spacial score (nSPS) is 22.6. The maximum absolute atomic E-state index is 13.2. The number of aromatic amines is 1. The number of nitrogens with one attached hydrogen (secondary N) is 1. The molecule has 5 nitrogen and oxygen atoms in total. The van der Waals surface area contributed by atoms with Gasteiger partial charge in [0, 0.05) is 40.2 Å². The molecule has 0 bridgehead atoms. The number of carbonyl (C=O) groups is 1. The molecule has 1 aliphatic heterocycles. The van der Waals surface area contributed by atoms with E-state index in [9.17, 15) is 9.59 Å². The second kappa shape index (κ2) is 6.53. The number of carbonyl (C=O) groups excluding carboxylic acids is 1. The van der Waals surface area contributed by atoms with E-state index < -0.39 is 0 Å². The van der Waals surface area contributed by atoms with Crippen LogP contribution >= 0.6 is 11.3 Å². The van der Waals surface area contributed by atoms with E-state index in [1.807, 2.05) is 0 Å². The summed E-state index contributed by atoms with van der Waals surface area (Å²) in [7, 11) is 0. The molecule has 1 N–H and O–H groups in total. The third-order valence-electron chi connectivity index (χ3n) is 7.65. The van der Waals surface area contributed by atoms with Crippen molar-refractivity contribution in [1.29, 1.82) is 0 Å². The Bertz CT molecular complexity index is 1040. The summed E-state index contributed by atoms with van der Waals surface area (Å²) >= 11 is 1.77. The number of thiophene rings is 1. The molecule has 1 saturated heterocycles. The number of fused-ring (bicyclic) bond motifs is 3. The van der Waals surface area contributed by atoms with Crippen LogP contribution in [-0.2, 0) is 24.7 Å². The molecule has 0 unspecified atom stereocenters. The van der Waals surface area contributed by atoms with E-state index in [4.69, 9.17) is 4.98 Å². The number of amides is 1. The van der Waals surface area contributed by atoms with Crippen LogP contribution in [-0.4, -0.2) is 33.9 Å². The average molecular weight is 410 g/mol. The van der Waals surface area contributed by atoms with E-state index in [1.54, 1.807) is 11.3 Å². The highest BCUT2D eigenvalue weighted by Crippen LogP contribution is 2.46. The summed E-state index contributed by atoms with van der Waals surface area (Å²) in [5.41, 5.74) is 4.32. The number of nitrogens with zero attached hydrogens (tertiary/aromatic N) is 2. The van der Waals surface area contributed by atoms with Gasteiger partial charge in [0.05, 0.1) is 11.3 Å². The van der Waals surface area contributed by atoms with Crippen LogP contribution in [0.15, 0.2) is 10.2 Å². The smallest absolute Gasteiger partial charge is 0.254 e. The van der Waals surface area contributed by atoms with E-state index in [0.717, 1.165) is 87.1 Å². The maximum Gasteiger partial charge on any atom is 0.254 e. The fourth-order valence-electron chi connectivity index (χ4n) is 5.69. The Kier molecular flexibility index (Phi) is 4.02. The summed E-state index contributed by atoms with van der Waals surface area (Å²) in [6.45, 7) is 1.55. The molecule has 2 fully saturated rings. The largest absolute Gasteiger partial charge is 0.339 e. The summed E-state index contributed by atoms with van der Waals surface area (Å²) < 4.78 is 0. The molecular weight excluding hydrogens is 382 g/mol. The number of aryl methyl sites for hydroxylation is 1. The van der Waals surface area contributed by atoms with Crippen molar-refractivity contribution in [3.05, 3.63) is 48.8 Å². The van der Waals surface area contributed by atoms with Gasteiger partial charge in [-0.3, -0.25) is 9.59 Å². The summed E-state index contributed by atoms with van der Waals surface area (Å²) in [6, 6.07) is 0. The minimum absolute atomic E-state index is 0.00190. The van der Waals surface area contributed by atoms with Gasteiger partial charge in [-0.15, -0.1) is 11.3 Å². The first-order chi connectivity index (χ1) is 14.1. The first kappa shape index (κ1) is 17.9. The van der Waals surface area contributed by atoms with Crippen molar-refractivity contribution in [2.75, 3.05) is 13.1 Å². The summed E-state index contributed by atoms with van der Waals surface area (Å²) in [4.78, 5) is 37.3. The van der Waals surface area contributed by atoms with Gasteiger partial charge in [0.25, 0.3) is 11.5 Å². The Morgan fingerprint density at radius 1 is 1.10 bits per heavy atom. The van der Waals surface area contributed by atoms with Crippen LogP contribution in [0.1, 0.15) is 88.7 Å². The molecule has 29 heavy (non-hydrogen) atoms. The van der Waals surface area contributed by atoms with Crippen molar-refractivity contribution >= 4 is 17.2 Å². The van der Waals surface area contributed by atoms with Crippen LogP contribution < -0.4 is 5.56 Å². The molecule has 0 atom stereocenters. The molecular formula is C23H27N3O2S. The van der Waals surface area contributed by atoms with Crippen LogP contribution in [0.4, 0.5) is 0 Å². The predicted molar refractivity (Wildman–Crippen MR) is 113 cm³/mol. The van der Waals surface area contributed by atoms with Gasteiger partial charge in [-0.1, -0.05) is 0 Å². The lowest BCUT2D eigenvalue weighted by Gasteiger charge is -2.39. The predicted octanol–water partition coefficient (Wildman–Crippen LogP) is 3.71. The van der Waals surface area contributed by atoms with Crippen molar-refractivity contribution in [1.82, 2.24) is 14.9 Å². The SMILES string of the molecule is O=C(c1csc2c1CCCC2)N1CCC2(CCc3c2nc(C2CC2)[nH]c3=O)CC1. The zero-order valence-corrected chi connectivity index (χ0v) is 17.6. The summed E-state index contributed by atoms with van der Waals surface area (Å²) in [5.74, 6) is 1.57. The van der Waals surface area contributed by atoms with Gasteiger partial charge >= 0.3 is 0 Å². The van der Waals surface area contributed by atoms with Crippen molar-refractivity contribution in [3.8, 4) is 0 Å². The Balaban J connectivity index is 1.24. The Morgan fingerprint density at radius 3 is 2.69 bits per heavy atom. The van der Waals surface area contributed by atoms with Gasteiger partial charge in [0.15, 0.2) is 0 Å². The number of aromatic nitrogens is 2. The first-order valence-corrected chi connectivity index (χ1v) is 12.0. The molecule has 3 aliphatic carbocycles. The van der Waals surface area contributed by atoms with Crippen LogP contribution in [0.3, 0.4) is 0 Å². The molecule has 152 valence electrons. The number of likely N-dealkylation sites (tertiary alicyclic amines) is 1. The zero-order chi connectivity index (χ0) is 19.6. The van der Waals surface area contributed by atoms with Gasteiger partial charge in [-0.25, -0.2) is 4.98 Å². The van der Waals surface area contributed by atoms with E-state index >= 15 is 0 Å². The quantitative estimate of drug-likeness (QED) is 0.822. The number of rotatable bonds is 2. The molecule has 1 saturated carbocycles. The fraction of sp³-hybridized carbons (Fsp3) is 0.609. The van der Waals surface area contributed by atoms with Crippen LogP contribution in [0.25, 0.3) is 0 Å². The van der Waals surface area contributed by atoms with Crippen molar-refractivity contribution in [2.24, 2.45) is 0 Å². The van der Waals surface area contributed by atoms with Crippen molar-refractivity contribution < 1.29 is 4.79 Å². The van der Waals surface area contributed by atoms with Crippen molar-refractivity contribution in [3.63, 3.8) is 0 Å². The minimum atomic E-state index is -0.00190. The van der Waals surface area contributed by atoms with Gasteiger partial charge in [0.2, 0.25) is 0 Å². The van der Waals surface area contributed by atoms with Crippen LogP contribution in [0, 0.1) is 0 Å². The number of hydrogen-bond acceptors (Lipinski definition) is 4. The average Bonchev–Trinajstić information content (AvgIpc) is 3.42. The molecule has 6 heteroatoms. The van der Waals surface area contributed by atoms with Gasteiger partial charge in [-0.05, 0) is 69.8 Å². The number of piperidine rings is 1. The highest BCUT2D eigenvalue weighted by molar-refractivity contribution is 7.10. The molecule has 0 radical (unpaired) electrons. The lowest BCUT2D eigenvalue weighted by atomic mass is 9.76.